The molecule has 2 rings (SSSR count). The van der Waals surface area contributed by atoms with Crippen molar-refractivity contribution in [3.8, 4) is 0 Å². The van der Waals surface area contributed by atoms with E-state index in [0.717, 1.165) is 18.8 Å². The summed E-state index contributed by atoms with van der Waals surface area (Å²) in [5.74, 6) is 0.805. The molecule has 2 amide bonds. The van der Waals surface area contributed by atoms with Gasteiger partial charge in [-0.1, -0.05) is 0 Å². The molecule has 25 heavy (non-hydrogen) atoms. The van der Waals surface area contributed by atoms with Gasteiger partial charge in [0.1, 0.15) is 12.6 Å². The lowest BCUT2D eigenvalue weighted by atomic mass is 10.2. The fourth-order valence-corrected chi connectivity index (χ4v) is 2.89. The van der Waals surface area contributed by atoms with E-state index in [4.69, 9.17) is 4.74 Å². The Morgan fingerprint density at radius 3 is 2.36 bits per heavy atom. The molecule has 2 fully saturated rings. The van der Waals surface area contributed by atoms with Gasteiger partial charge < -0.3 is 24.8 Å². The number of aliphatic imine (C=N–C) groups is 1. The van der Waals surface area contributed by atoms with Crippen molar-refractivity contribution in [1.29, 1.82) is 0 Å². The van der Waals surface area contributed by atoms with Gasteiger partial charge in [0, 0.05) is 52.9 Å². The summed E-state index contributed by atoms with van der Waals surface area (Å²) in [5, 5.41) is 3.32. The second-order valence-corrected chi connectivity index (χ2v) is 7.04. The van der Waals surface area contributed by atoms with E-state index >= 15 is 0 Å². The van der Waals surface area contributed by atoms with Gasteiger partial charge in [-0.3, -0.25) is 9.59 Å². The monoisotopic (exact) mass is 353 g/mol. The van der Waals surface area contributed by atoms with E-state index < -0.39 is 0 Å². The third kappa shape index (κ3) is 5.59. The van der Waals surface area contributed by atoms with Crippen LogP contribution in [0.3, 0.4) is 0 Å². The number of nitrogens with zero attached hydrogens (tertiary/aromatic N) is 4. The number of carbonyl (C=O) groups is 2. The predicted molar refractivity (Wildman–Crippen MR) is 96.4 cm³/mol. The van der Waals surface area contributed by atoms with Gasteiger partial charge in [-0.05, 0) is 26.7 Å². The van der Waals surface area contributed by atoms with Crippen LogP contribution < -0.4 is 5.32 Å². The Kier molecular flexibility index (Phi) is 7.04. The zero-order valence-corrected chi connectivity index (χ0v) is 15.8. The number of carbonyl (C=O) groups excluding carboxylic acids is 2. The first-order valence-corrected chi connectivity index (χ1v) is 9.05. The molecule has 0 radical (unpaired) electrons. The SMILES string of the molecule is CC(C)NC(=NCC(=O)N(C)C)N1CCN(C(=O)C2CCCO2)CC1. The third-order valence-corrected chi connectivity index (χ3v) is 4.38. The van der Waals surface area contributed by atoms with E-state index in [1.165, 1.54) is 4.90 Å². The number of amides is 2. The van der Waals surface area contributed by atoms with Crippen LogP contribution in [0.1, 0.15) is 26.7 Å². The summed E-state index contributed by atoms with van der Waals surface area (Å²) in [5.41, 5.74) is 0. The molecule has 0 spiro atoms. The van der Waals surface area contributed by atoms with Crippen LogP contribution in [-0.4, -0.2) is 98.0 Å². The molecule has 0 aliphatic carbocycles. The number of hydrogen-bond acceptors (Lipinski definition) is 4. The first-order valence-electron chi connectivity index (χ1n) is 9.05. The zero-order valence-electron chi connectivity index (χ0n) is 15.8. The average Bonchev–Trinajstić information content (AvgIpc) is 3.12. The summed E-state index contributed by atoms with van der Waals surface area (Å²) in [4.78, 5) is 34.2. The Hall–Kier alpha value is -1.83. The molecule has 1 atom stereocenters. The third-order valence-electron chi connectivity index (χ3n) is 4.38. The van der Waals surface area contributed by atoms with Crippen molar-refractivity contribution < 1.29 is 14.3 Å². The molecule has 0 aromatic carbocycles. The maximum Gasteiger partial charge on any atom is 0.251 e. The topological polar surface area (TPSA) is 77.5 Å². The number of hydrogen-bond donors (Lipinski definition) is 1. The zero-order chi connectivity index (χ0) is 18.4. The Labute approximate surface area is 150 Å². The van der Waals surface area contributed by atoms with Gasteiger partial charge in [0.05, 0.1) is 0 Å². The van der Waals surface area contributed by atoms with Crippen LogP contribution in [0, 0.1) is 0 Å². The van der Waals surface area contributed by atoms with Gasteiger partial charge >= 0.3 is 0 Å². The van der Waals surface area contributed by atoms with E-state index in [0.29, 0.717) is 32.8 Å². The van der Waals surface area contributed by atoms with Crippen LogP contribution in [0.25, 0.3) is 0 Å². The largest absolute Gasteiger partial charge is 0.368 e. The van der Waals surface area contributed by atoms with Crippen LogP contribution >= 0.6 is 0 Å². The molecule has 0 saturated carbocycles. The molecular weight excluding hydrogens is 322 g/mol. The summed E-state index contributed by atoms with van der Waals surface area (Å²) >= 11 is 0. The molecular formula is C17H31N5O3. The minimum absolute atomic E-state index is 0.0322. The quantitative estimate of drug-likeness (QED) is 0.557. The maximum atomic E-state index is 12.4. The van der Waals surface area contributed by atoms with Crippen molar-refractivity contribution in [2.45, 2.75) is 38.8 Å². The van der Waals surface area contributed by atoms with Crippen molar-refractivity contribution >= 4 is 17.8 Å². The average molecular weight is 353 g/mol. The predicted octanol–water partition coefficient (Wildman–Crippen LogP) is -0.248. The van der Waals surface area contributed by atoms with Crippen molar-refractivity contribution in [2.24, 2.45) is 4.99 Å². The van der Waals surface area contributed by atoms with E-state index in [1.54, 1.807) is 14.1 Å². The highest BCUT2D eigenvalue weighted by Crippen LogP contribution is 2.16. The van der Waals surface area contributed by atoms with E-state index in [-0.39, 0.29) is 30.5 Å². The molecule has 8 nitrogen and oxygen atoms in total. The molecule has 2 heterocycles. The smallest absolute Gasteiger partial charge is 0.251 e. The second-order valence-electron chi connectivity index (χ2n) is 7.04. The summed E-state index contributed by atoms with van der Waals surface area (Å²) in [6.45, 7) is 7.60. The first-order chi connectivity index (χ1) is 11.9. The van der Waals surface area contributed by atoms with Crippen molar-refractivity contribution in [3.05, 3.63) is 0 Å². The lowest BCUT2D eigenvalue weighted by Gasteiger charge is -2.37. The van der Waals surface area contributed by atoms with Crippen LogP contribution in [0.15, 0.2) is 4.99 Å². The fraction of sp³-hybridized carbons (Fsp3) is 0.824. The van der Waals surface area contributed by atoms with Crippen LogP contribution in [0.4, 0.5) is 0 Å². The second kappa shape index (κ2) is 9.03. The number of nitrogens with one attached hydrogen (secondary N) is 1. The minimum Gasteiger partial charge on any atom is -0.368 e. The molecule has 1 unspecified atom stereocenters. The Morgan fingerprint density at radius 1 is 1.20 bits per heavy atom. The lowest BCUT2D eigenvalue weighted by Crippen LogP contribution is -2.56. The summed E-state index contributed by atoms with van der Waals surface area (Å²) in [6, 6.07) is 0.222. The Morgan fingerprint density at radius 2 is 1.84 bits per heavy atom. The van der Waals surface area contributed by atoms with Crippen LogP contribution in [-0.2, 0) is 14.3 Å². The highest BCUT2D eigenvalue weighted by Gasteiger charge is 2.31. The number of ether oxygens (including phenoxy) is 1. The number of guanidine groups is 1. The van der Waals surface area contributed by atoms with Crippen LogP contribution in [0.2, 0.25) is 0 Å². The summed E-state index contributed by atoms with van der Waals surface area (Å²) < 4.78 is 5.50. The minimum atomic E-state index is -0.258. The summed E-state index contributed by atoms with van der Waals surface area (Å²) in [7, 11) is 3.45. The maximum absolute atomic E-state index is 12.4. The molecule has 0 aromatic rings. The van der Waals surface area contributed by atoms with E-state index in [2.05, 4.69) is 15.2 Å². The van der Waals surface area contributed by atoms with E-state index in [9.17, 15) is 9.59 Å². The lowest BCUT2D eigenvalue weighted by molar-refractivity contribution is -0.142. The summed E-state index contributed by atoms with van der Waals surface area (Å²) in [6.07, 6.45) is 1.53. The first kappa shape index (κ1) is 19.5. The molecule has 0 bridgehead atoms. The van der Waals surface area contributed by atoms with E-state index in [1.807, 2.05) is 18.7 Å². The van der Waals surface area contributed by atoms with Crippen molar-refractivity contribution in [3.63, 3.8) is 0 Å². The van der Waals surface area contributed by atoms with Gasteiger partial charge in [-0.25, -0.2) is 4.99 Å². The van der Waals surface area contributed by atoms with Crippen LogP contribution in [0.5, 0.6) is 0 Å². The molecule has 2 saturated heterocycles. The number of rotatable bonds is 4. The Balaban J connectivity index is 1.92. The molecule has 1 N–H and O–H groups in total. The van der Waals surface area contributed by atoms with Crippen molar-refractivity contribution in [2.75, 3.05) is 53.4 Å². The molecule has 8 heteroatoms. The van der Waals surface area contributed by atoms with Gasteiger partial charge in [-0.2, -0.15) is 0 Å². The Bertz CT molecular complexity index is 493. The van der Waals surface area contributed by atoms with Gasteiger partial charge in [0.25, 0.3) is 5.91 Å². The highest BCUT2D eigenvalue weighted by molar-refractivity contribution is 5.85. The molecule has 2 aliphatic heterocycles. The van der Waals surface area contributed by atoms with Gasteiger partial charge in [-0.15, -0.1) is 0 Å². The fourth-order valence-electron chi connectivity index (χ4n) is 2.89. The van der Waals surface area contributed by atoms with Crippen molar-refractivity contribution in [1.82, 2.24) is 20.0 Å². The normalized spacial score (nSPS) is 21.6. The molecule has 0 aromatic heterocycles. The molecule has 142 valence electrons. The molecule has 2 aliphatic rings. The van der Waals surface area contributed by atoms with Gasteiger partial charge in [0.2, 0.25) is 5.91 Å². The van der Waals surface area contributed by atoms with Gasteiger partial charge in [0.15, 0.2) is 5.96 Å². The highest BCUT2D eigenvalue weighted by atomic mass is 16.5. The number of piperazine rings is 1. The standard InChI is InChI=1S/C17H31N5O3/c1-13(2)19-17(18-12-15(23)20(3)4)22-9-7-21(8-10-22)16(24)14-6-5-11-25-14/h13-14H,5-12H2,1-4H3,(H,18,19). The number of likely N-dealkylation sites (N-methyl/N-ethyl adjacent to an activating group) is 1.